The van der Waals surface area contributed by atoms with Gasteiger partial charge in [0.25, 0.3) is 5.56 Å². The van der Waals surface area contributed by atoms with Gasteiger partial charge in [0, 0.05) is 11.8 Å². The second-order valence-electron chi connectivity index (χ2n) is 4.11. The van der Waals surface area contributed by atoms with Gasteiger partial charge in [-0.3, -0.25) is 18.9 Å². The van der Waals surface area contributed by atoms with Crippen LogP contribution in [0, 0.1) is 6.92 Å². The average molecular weight is 332 g/mol. The summed E-state index contributed by atoms with van der Waals surface area (Å²) in [5.41, 5.74) is -0.770. The molecule has 1 aromatic heterocycles. The van der Waals surface area contributed by atoms with E-state index in [9.17, 15) is 14.2 Å². The number of ether oxygens (including phenoxy) is 2. The molecule has 3 N–H and O–H groups in total. The molecule has 21 heavy (non-hydrogen) atoms. The fraction of sp³-hybridized carbons (Fsp3) is 0.600. The summed E-state index contributed by atoms with van der Waals surface area (Å²) in [5.74, 6) is -1.24. The predicted octanol–water partition coefficient (Wildman–Crippen LogP) is -3.18. The van der Waals surface area contributed by atoms with Crippen LogP contribution < -0.4 is 40.8 Å². The molecule has 0 aliphatic heterocycles. The van der Waals surface area contributed by atoms with Gasteiger partial charge in [-0.1, -0.05) is 6.92 Å². The first-order valence-corrected chi connectivity index (χ1v) is 7.48. The topological polar surface area (TPSA) is 131 Å². The zero-order valence-electron chi connectivity index (χ0n) is 13.1. The number of aromatic amines is 1. The Balaban J connectivity index is 0. The smallest absolute Gasteiger partial charge is 1.00 e. The van der Waals surface area contributed by atoms with E-state index in [0.29, 0.717) is 5.56 Å². The Labute approximate surface area is 144 Å². The molecule has 0 saturated heterocycles. The molecule has 1 aromatic rings. The Morgan fingerprint density at radius 1 is 1.48 bits per heavy atom. The molecule has 0 radical (unpaired) electrons. The van der Waals surface area contributed by atoms with Gasteiger partial charge in [-0.25, -0.2) is 4.79 Å². The molecular weight excluding hydrogens is 314 g/mol. The molecule has 1 heterocycles. The minimum atomic E-state index is -4.33. The number of aryl methyl sites for hydroxylation is 1. The maximum absolute atomic E-state index is 11.4. The van der Waals surface area contributed by atoms with E-state index >= 15 is 0 Å². The zero-order valence-corrected chi connectivity index (χ0v) is 15.0. The van der Waals surface area contributed by atoms with Crippen molar-refractivity contribution in [1.82, 2.24) is 9.55 Å². The predicted molar refractivity (Wildman–Crippen MR) is 70.3 cm³/mol. The van der Waals surface area contributed by atoms with Crippen molar-refractivity contribution in [3.63, 3.8) is 0 Å². The summed E-state index contributed by atoms with van der Waals surface area (Å²) in [5, 5.41) is 0. The molecule has 1 rings (SSSR count). The van der Waals surface area contributed by atoms with E-state index in [0.717, 1.165) is 4.57 Å². The monoisotopic (exact) mass is 332 g/mol. The summed E-state index contributed by atoms with van der Waals surface area (Å²) < 4.78 is 22.0. The first kappa shape index (κ1) is 20.8. The van der Waals surface area contributed by atoms with Gasteiger partial charge in [0.05, 0.1) is 0 Å². The van der Waals surface area contributed by atoms with Gasteiger partial charge < -0.3 is 20.7 Å². The largest absolute Gasteiger partial charge is 1.00 e. The molecule has 1 atom stereocenters. The van der Waals surface area contributed by atoms with E-state index in [4.69, 9.17) is 19.3 Å². The van der Waals surface area contributed by atoms with Crippen LogP contribution in [0.15, 0.2) is 15.8 Å². The average Bonchev–Trinajstić information content (AvgIpc) is 2.33. The van der Waals surface area contributed by atoms with Crippen molar-refractivity contribution in [3.05, 3.63) is 32.6 Å². The third-order valence-corrected chi connectivity index (χ3v) is 3.75. The fourth-order valence-corrected chi connectivity index (χ4v) is 2.16. The Bertz CT molecular complexity index is 614. The van der Waals surface area contributed by atoms with Crippen LogP contribution in [-0.4, -0.2) is 32.0 Å². The summed E-state index contributed by atoms with van der Waals surface area (Å²) >= 11 is 0. The molecule has 0 aromatic carbocycles. The molecule has 116 valence electrons. The quantitative estimate of drug-likeness (QED) is 0.208. The second kappa shape index (κ2) is 9.02. The van der Waals surface area contributed by atoms with Crippen molar-refractivity contribution in [2.45, 2.75) is 32.8 Å². The van der Waals surface area contributed by atoms with E-state index in [2.05, 4.69) is 4.98 Å². The van der Waals surface area contributed by atoms with Crippen LogP contribution in [-0.2, 0) is 20.8 Å². The number of nitrogens with one attached hydrogen (secondary N) is 1. The van der Waals surface area contributed by atoms with Crippen molar-refractivity contribution in [2.24, 2.45) is 0 Å². The molecule has 0 aliphatic rings. The van der Waals surface area contributed by atoms with Gasteiger partial charge >= 0.3 is 42.8 Å². The number of aromatic nitrogens is 2. The molecule has 0 fully saturated rings. The van der Waals surface area contributed by atoms with Gasteiger partial charge in [-0.15, -0.1) is 0 Å². The Morgan fingerprint density at radius 2 is 2.10 bits per heavy atom. The first-order valence-electron chi connectivity index (χ1n) is 5.80. The number of rotatable bonds is 7. The van der Waals surface area contributed by atoms with Crippen molar-refractivity contribution >= 4 is 7.60 Å². The van der Waals surface area contributed by atoms with Crippen LogP contribution >= 0.6 is 7.60 Å². The van der Waals surface area contributed by atoms with E-state index in [1.165, 1.54) is 13.1 Å². The standard InChI is InChI=1S/C10H17N2O7P.Na.H/c1-3-8(20(15,16)17)19-6-18-5-12-4-7(2)9(13)11-10(12)14;;/h4,8H,3,5-6H2,1-2H3,(H,11,13,14)(H2,15,16,17);;/q;+1;-1. The second-order valence-corrected chi connectivity index (χ2v) is 5.87. The third kappa shape index (κ3) is 6.58. The van der Waals surface area contributed by atoms with Crippen LogP contribution in [0.2, 0.25) is 0 Å². The number of H-pyrrole nitrogens is 1. The Hall–Kier alpha value is -0.250. The van der Waals surface area contributed by atoms with E-state index in [-0.39, 0.29) is 50.9 Å². The normalized spacial score (nSPS) is 12.8. The zero-order chi connectivity index (χ0) is 15.3. The van der Waals surface area contributed by atoms with E-state index < -0.39 is 24.7 Å². The van der Waals surface area contributed by atoms with Crippen LogP contribution in [0.4, 0.5) is 0 Å². The summed E-state index contributed by atoms with van der Waals surface area (Å²) in [4.78, 5) is 42.5. The van der Waals surface area contributed by atoms with E-state index in [1.807, 2.05) is 0 Å². The van der Waals surface area contributed by atoms with Crippen molar-refractivity contribution in [2.75, 3.05) is 6.79 Å². The molecule has 0 saturated carbocycles. The van der Waals surface area contributed by atoms with Crippen molar-refractivity contribution in [3.8, 4) is 0 Å². The Morgan fingerprint density at radius 3 is 2.62 bits per heavy atom. The van der Waals surface area contributed by atoms with Crippen LogP contribution in [0.3, 0.4) is 0 Å². The van der Waals surface area contributed by atoms with Gasteiger partial charge in [0.15, 0.2) is 5.85 Å². The first-order chi connectivity index (χ1) is 9.25. The van der Waals surface area contributed by atoms with Crippen LogP contribution in [0.25, 0.3) is 0 Å². The SMILES string of the molecule is CCC(OCOCn1cc(C)c(=O)[nH]c1=O)P(=O)(O)O.[H-].[Na+]. The van der Waals surface area contributed by atoms with Crippen molar-refractivity contribution < 1.29 is 54.8 Å². The Kier molecular flexibility index (Phi) is 8.91. The maximum atomic E-state index is 11.4. The molecule has 11 heteroatoms. The number of hydrogen-bond acceptors (Lipinski definition) is 5. The summed E-state index contributed by atoms with van der Waals surface area (Å²) in [7, 11) is -4.33. The molecule has 0 aliphatic carbocycles. The molecule has 1 unspecified atom stereocenters. The molecule has 9 nitrogen and oxygen atoms in total. The summed E-state index contributed by atoms with van der Waals surface area (Å²) in [6.07, 6.45) is 1.45. The molecule has 0 amide bonds. The van der Waals surface area contributed by atoms with Crippen LogP contribution in [0.1, 0.15) is 20.3 Å². The van der Waals surface area contributed by atoms with Gasteiger partial charge in [-0.2, -0.15) is 0 Å². The summed E-state index contributed by atoms with van der Waals surface area (Å²) in [6, 6.07) is 0. The maximum Gasteiger partial charge on any atom is 1.00 e. The van der Waals surface area contributed by atoms with Crippen LogP contribution in [0.5, 0.6) is 0 Å². The van der Waals surface area contributed by atoms with Gasteiger partial charge in [0.2, 0.25) is 0 Å². The number of nitrogens with zero attached hydrogens (tertiary/aromatic N) is 1. The third-order valence-electron chi connectivity index (χ3n) is 2.49. The molecule has 0 spiro atoms. The number of hydrogen-bond donors (Lipinski definition) is 3. The van der Waals surface area contributed by atoms with Gasteiger partial charge in [0.1, 0.15) is 13.5 Å². The molecule has 0 bridgehead atoms. The van der Waals surface area contributed by atoms with E-state index in [1.54, 1.807) is 6.92 Å². The molecular formula is C10H18N2NaO7P. The van der Waals surface area contributed by atoms with Crippen molar-refractivity contribution in [1.29, 1.82) is 0 Å². The fourth-order valence-electron chi connectivity index (χ4n) is 1.43. The minimum absolute atomic E-state index is 0. The van der Waals surface area contributed by atoms with Gasteiger partial charge in [-0.05, 0) is 13.3 Å². The minimum Gasteiger partial charge on any atom is -1.00 e. The summed E-state index contributed by atoms with van der Waals surface area (Å²) in [6.45, 7) is 2.52.